The van der Waals surface area contributed by atoms with Crippen LogP contribution in [0.4, 0.5) is 5.69 Å². The third-order valence-corrected chi connectivity index (χ3v) is 7.40. The standard InChI is InChI=1S/C19H18N4O4S2/c1-23(29(25,26)17-5-3-4-6-20-17)16-9-13(27-2)7-12-8-15(22-18(12)16)19-21-10-14(11-24)28-19/h3-9,11,14,22H,10H2,1-2H3. The van der Waals surface area contributed by atoms with E-state index in [1.807, 2.05) is 12.1 Å². The molecule has 4 rings (SSSR count). The smallest absolute Gasteiger partial charge is 0.281 e. The number of aromatic nitrogens is 2. The summed E-state index contributed by atoms with van der Waals surface area (Å²) in [5, 5.41) is 1.25. The van der Waals surface area contributed by atoms with E-state index in [4.69, 9.17) is 4.74 Å². The SMILES string of the molecule is COc1cc(N(C)S(=O)(=O)c2ccccn2)c2[nH]c(C3=NCC(C=O)S3)cc2c1. The number of H-pyrrole nitrogens is 1. The summed E-state index contributed by atoms with van der Waals surface area (Å²) in [4.78, 5) is 22.7. The van der Waals surface area contributed by atoms with Gasteiger partial charge in [0.2, 0.25) is 0 Å². The van der Waals surface area contributed by atoms with Gasteiger partial charge in [-0.15, -0.1) is 0 Å². The number of carbonyl (C=O) groups excluding carboxylic acids is 1. The van der Waals surface area contributed by atoms with Crippen LogP contribution in [0.2, 0.25) is 0 Å². The average molecular weight is 431 g/mol. The number of aromatic amines is 1. The van der Waals surface area contributed by atoms with Crippen molar-refractivity contribution >= 4 is 49.7 Å². The molecule has 2 aromatic heterocycles. The van der Waals surface area contributed by atoms with Crippen LogP contribution in [0, 0.1) is 0 Å². The number of aldehydes is 1. The maximum absolute atomic E-state index is 13.1. The van der Waals surface area contributed by atoms with E-state index in [9.17, 15) is 13.2 Å². The van der Waals surface area contributed by atoms with Crippen molar-refractivity contribution in [1.82, 2.24) is 9.97 Å². The van der Waals surface area contributed by atoms with Crippen LogP contribution in [0.5, 0.6) is 5.75 Å². The molecule has 1 aliphatic rings. The number of sulfonamides is 1. The van der Waals surface area contributed by atoms with Gasteiger partial charge in [0.1, 0.15) is 17.1 Å². The van der Waals surface area contributed by atoms with Gasteiger partial charge in [-0.2, -0.15) is 8.42 Å². The zero-order chi connectivity index (χ0) is 20.6. The molecule has 150 valence electrons. The van der Waals surface area contributed by atoms with Crippen molar-refractivity contribution in [3.05, 3.63) is 48.3 Å². The number of hydrogen-bond acceptors (Lipinski definition) is 7. The van der Waals surface area contributed by atoms with Gasteiger partial charge in [0.15, 0.2) is 5.03 Å². The molecule has 1 N–H and O–H groups in total. The van der Waals surface area contributed by atoms with Crippen LogP contribution in [0.3, 0.4) is 0 Å². The molecule has 0 radical (unpaired) electrons. The lowest BCUT2D eigenvalue weighted by Crippen LogP contribution is -2.27. The van der Waals surface area contributed by atoms with Crippen LogP contribution >= 0.6 is 11.8 Å². The lowest BCUT2D eigenvalue weighted by molar-refractivity contribution is -0.107. The highest BCUT2D eigenvalue weighted by atomic mass is 32.2. The van der Waals surface area contributed by atoms with Crippen LogP contribution in [-0.4, -0.2) is 55.7 Å². The first-order valence-electron chi connectivity index (χ1n) is 8.71. The topological polar surface area (TPSA) is 105 Å². The molecule has 0 fully saturated rings. The van der Waals surface area contributed by atoms with Crippen molar-refractivity contribution in [2.75, 3.05) is 25.0 Å². The van der Waals surface area contributed by atoms with Crippen LogP contribution in [0.1, 0.15) is 5.69 Å². The Labute approximate surface area is 172 Å². The van der Waals surface area contributed by atoms with Gasteiger partial charge in [-0.05, 0) is 24.3 Å². The number of benzene rings is 1. The molecule has 8 nitrogen and oxygen atoms in total. The number of thioether (sulfide) groups is 1. The van der Waals surface area contributed by atoms with E-state index in [1.54, 1.807) is 18.2 Å². The lowest BCUT2D eigenvalue weighted by Gasteiger charge is -2.20. The molecule has 3 heterocycles. The van der Waals surface area contributed by atoms with Crippen LogP contribution in [-0.2, 0) is 14.8 Å². The largest absolute Gasteiger partial charge is 0.497 e. The summed E-state index contributed by atoms with van der Waals surface area (Å²) in [5.41, 5.74) is 1.78. The number of rotatable bonds is 6. The Hall–Kier alpha value is -2.85. The van der Waals surface area contributed by atoms with Gasteiger partial charge in [0.05, 0.1) is 35.8 Å². The third-order valence-electron chi connectivity index (χ3n) is 4.58. The quantitative estimate of drug-likeness (QED) is 0.603. The molecule has 1 aliphatic heterocycles. The normalized spacial score (nSPS) is 16.6. The van der Waals surface area contributed by atoms with Crippen LogP contribution in [0.15, 0.2) is 52.6 Å². The Balaban J connectivity index is 1.82. The molecule has 29 heavy (non-hydrogen) atoms. The molecule has 1 unspecified atom stereocenters. The molecule has 10 heteroatoms. The van der Waals surface area contributed by atoms with Gasteiger partial charge >= 0.3 is 0 Å². The van der Waals surface area contributed by atoms with Gasteiger partial charge in [-0.25, -0.2) is 4.98 Å². The fourth-order valence-electron chi connectivity index (χ4n) is 3.06. The van der Waals surface area contributed by atoms with E-state index in [2.05, 4.69) is 15.0 Å². The van der Waals surface area contributed by atoms with Gasteiger partial charge < -0.3 is 14.5 Å². The number of nitrogens with one attached hydrogen (secondary N) is 1. The predicted molar refractivity (Wildman–Crippen MR) is 114 cm³/mol. The Morgan fingerprint density at radius 3 is 2.79 bits per heavy atom. The first-order chi connectivity index (χ1) is 13.9. The van der Waals surface area contributed by atoms with Crippen molar-refractivity contribution in [1.29, 1.82) is 0 Å². The third kappa shape index (κ3) is 3.49. The summed E-state index contributed by atoms with van der Waals surface area (Å²) >= 11 is 1.38. The van der Waals surface area contributed by atoms with Gasteiger partial charge in [0.25, 0.3) is 10.0 Å². The van der Waals surface area contributed by atoms with Crippen LogP contribution < -0.4 is 9.04 Å². The molecule has 3 aromatic rings. The number of hydrogen-bond donors (Lipinski definition) is 1. The number of nitrogens with zero attached hydrogens (tertiary/aromatic N) is 3. The lowest BCUT2D eigenvalue weighted by atomic mass is 10.2. The molecule has 0 aliphatic carbocycles. The number of carbonyl (C=O) groups is 1. The number of ether oxygens (including phenoxy) is 1. The number of pyridine rings is 1. The minimum Gasteiger partial charge on any atom is -0.497 e. The zero-order valence-corrected chi connectivity index (χ0v) is 17.3. The molecule has 1 atom stereocenters. The molecule has 0 spiro atoms. The van der Waals surface area contributed by atoms with E-state index in [-0.39, 0.29) is 10.3 Å². The molecule has 0 amide bonds. The monoisotopic (exact) mass is 430 g/mol. The van der Waals surface area contributed by atoms with E-state index < -0.39 is 10.0 Å². The highest BCUT2D eigenvalue weighted by molar-refractivity contribution is 8.15. The van der Waals surface area contributed by atoms with Crippen molar-refractivity contribution in [3.63, 3.8) is 0 Å². The molecule has 0 bridgehead atoms. The second kappa shape index (κ2) is 7.53. The summed E-state index contributed by atoms with van der Waals surface area (Å²) in [6.45, 7) is 0.434. The summed E-state index contributed by atoms with van der Waals surface area (Å²) in [5.74, 6) is 0.521. The second-order valence-electron chi connectivity index (χ2n) is 6.37. The summed E-state index contributed by atoms with van der Waals surface area (Å²) in [6, 6.07) is 10.1. The van der Waals surface area contributed by atoms with Crippen molar-refractivity contribution in [3.8, 4) is 5.75 Å². The Morgan fingerprint density at radius 1 is 1.31 bits per heavy atom. The van der Waals surface area contributed by atoms with E-state index >= 15 is 0 Å². The highest BCUT2D eigenvalue weighted by Gasteiger charge is 2.27. The Morgan fingerprint density at radius 2 is 2.14 bits per heavy atom. The minimum absolute atomic E-state index is 0.0465. The van der Waals surface area contributed by atoms with Crippen molar-refractivity contribution in [2.24, 2.45) is 4.99 Å². The van der Waals surface area contributed by atoms with Gasteiger partial charge in [-0.3, -0.25) is 9.30 Å². The fraction of sp³-hybridized carbons (Fsp3) is 0.211. The number of aliphatic imine (C=N–C) groups is 1. The predicted octanol–water partition coefficient (Wildman–Crippen LogP) is 2.46. The fourth-order valence-corrected chi connectivity index (χ4v) is 5.06. The first-order valence-corrected chi connectivity index (χ1v) is 11.0. The zero-order valence-electron chi connectivity index (χ0n) is 15.7. The van der Waals surface area contributed by atoms with Gasteiger partial charge in [0, 0.05) is 24.7 Å². The molecular formula is C19H18N4O4S2. The summed E-state index contributed by atoms with van der Waals surface area (Å²) < 4.78 is 32.7. The molecule has 0 saturated carbocycles. The summed E-state index contributed by atoms with van der Waals surface area (Å²) in [6.07, 6.45) is 2.32. The number of anilines is 1. The van der Waals surface area contributed by atoms with E-state index in [0.717, 1.165) is 22.4 Å². The minimum atomic E-state index is -3.87. The maximum Gasteiger partial charge on any atom is 0.281 e. The summed E-state index contributed by atoms with van der Waals surface area (Å²) in [7, 11) is -0.866. The maximum atomic E-state index is 13.1. The Kier molecular flexibility index (Phi) is 5.05. The average Bonchev–Trinajstić information content (AvgIpc) is 3.39. The first kappa shape index (κ1) is 19.5. The molecular weight excluding hydrogens is 412 g/mol. The van der Waals surface area contributed by atoms with E-state index in [0.29, 0.717) is 23.5 Å². The second-order valence-corrected chi connectivity index (χ2v) is 9.52. The van der Waals surface area contributed by atoms with Crippen molar-refractivity contribution in [2.45, 2.75) is 10.3 Å². The van der Waals surface area contributed by atoms with Crippen molar-refractivity contribution < 1.29 is 17.9 Å². The molecule has 1 aromatic carbocycles. The number of fused-ring (bicyclic) bond motifs is 1. The Bertz CT molecular complexity index is 1210. The van der Waals surface area contributed by atoms with E-state index in [1.165, 1.54) is 42.5 Å². The number of methoxy groups -OCH3 is 1. The highest BCUT2D eigenvalue weighted by Crippen LogP contribution is 2.35. The van der Waals surface area contributed by atoms with Gasteiger partial charge in [-0.1, -0.05) is 17.8 Å². The molecule has 0 saturated heterocycles. The van der Waals surface area contributed by atoms with Crippen LogP contribution in [0.25, 0.3) is 10.9 Å².